The molecule has 1 fully saturated rings. The van der Waals surface area contributed by atoms with Crippen LogP contribution in [0.25, 0.3) is 0 Å². The second kappa shape index (κ2) is 8.99. The van der Waals surface area contributed by atoms with Gasteiger partial charge in [0.15, 0.2) is 6.61 Å². The van der Waals surface area contributed by atoms with E-state index in [0.717, 1.165) is 10.1 Å². The van der Waals surface area contributed by atoms with Gasteiger partial charge < -0.3 is 30.2 Å². The lowest BCUT2D eigenvalue weighted by molar-refractivity contribution is -0.181. The highest BCUT2D eigenvalue weighted by atomic mass is 16.6. The Morgan fingerprint density at radius 3 is 2.47 bits per heavy atom. The lowest BCUT2D eigenvalue weighted by Gasteiger charge is -2.33. The van der Waals surface area contributed by atoms with Gasteiger partial charge in [0.25, 0.3) is 0 Å². The Morgan fingerprint density at radius 1 is 1.28 bits per heavy atom. The monoisotopic (exact) mass is 447 g/mol. The van der Waals surface area contributed by atoms with E-state index in [1.54, 1.807) is 12.1 Å². The second-order valence-corrected chi connectivity index (χ2v) is 8.67. The summed E-state index contributed by atoms with van der Waals surface area (Å²) in [5, 5.41) is 20.2. The van der Waals surface area contributed by atoms with Crippen molar-refractivity contribution < 1.29 is 29.2 Å². The molecule has 2 aromatic rings. The Labute approximate surface area is 185 Å². The Balaban J connectivity index is 1.95. The minimum Gasteiger partial charge on any atom is -0.486 e. The summed E-state index contributed by atoms with van der Waals surface area (Å²) in [5.41, 5.74) is 3.65. The van der Waals surface area contributed by atoms with Gasteiger partial charge in [-0.25, -0.2) is 4.79 Å². The van der Waals surface area contributed by atoms with Crippen molar-refractivity contribution in [1.82, 2.24) is 9.55 Å². The first-order chi connectivity index (χ1) is 15.0. The van der Waals surface area contributed by atoms with E-state index in [9.17, 15) is 19.8 Å². The van der Waals surface area contributed by atoms with Gasteiger partial charge in [-0.2, -0.15) is 4.98 Å². The Hall–Kier alpha value is -2.79. The predicted octanol–water partition coefficient (Wildman–Crippen LogP) is 0.191. The van der Waals surface area contributed by atoms with Gasteiger partial charge in [-0.05, 0) is 29.2 Å². The number of rotatable bonds is 7. The first kappa shape index (κ1) is 23.9. The van der Waals surface area contributed by atoms with Gasteiger partial charge >= 0.3 is 5.69 Å². The van der Waals surface area contributed by atoms with Crippen molar-refractivity contribution in [2.75, 3.05) is 26.1 Å². The smallest absolute Gasteiger partial charge is 0.352 e. The zero-order chi connectivity index (χ0) is 23.7. The van der Waals surface area contributed by atoms with Crippen LogP contribution in [0.4, 0.5) is 5.82 Å². The largest absolute Gasteiger partial charge is 0.486 e. The van der Waals surface area contributed by atoms with Crippen LogP contribution in [0.15, 0.2) is 41.3 Å². The molecule has 4 atom stereocenters. The summed E-state index contributed by atoms with van der Waals surface area (Å²) in [7, 11) is 1.26. The fourth-order valence-corrected chi connectivity index (χ4v) is 3.76. The number of aromatic nitrogens is 2. The average molecular weight is 447 g/mol. The highest BCUT2D eigenvalue weighted by Crippen LogP contribution is 2.38. The number of anilines is 1. The van der Waals surface area contributed by atoms with Crippen molar-refractivity contribution in [3.05, 3.63) is 52.6 Å². The van der Waals surface area contributed by atoms with Crippen LogP contribution in [0.3, 0.4) is 0 Å². The van der Waals surface area contributed by atoms with E-state index in [1.807, 2.05) is 12.1 Å². The van der Waals surface area contributed by atoms with Crippen LogP contribution < -0.4 is 16.2 Å². The number of aliphatic hydroxyl groups is 2. The number of nitrogens with zero attached hydrogens (tertiary/aromatic N) is 2. The van der Waals surface area contributed by atoms with Gasteiger partial charge in [0.05, 0.1) is 6.61 Å². The fourth-order valence-electron chi connectivity index (χ4n) is 3.76. The van der Waals surface area contributed by atoms with Crippen molar-refractivity contribution >= 4 is 11.6 Å². The number of hydrogen-bond acceptors (Lipinski definition) is 9. The molecule has 0 saturated carbocycles. The molecule has 1 aliphatic rings. The van der Waals surface area contributed by atoms with E-state index < -0.39 is 48.7 Å². The number of nitrogens with two attached hydrogens (primary N) is 1. The molecule has 0 aliphatic carbocycles. The topological polar surface area (TPSA) is 146 Å². The maximum Gasteiger partial charge on any atom is 0.352 e. The summed E-state index contributed by atoms with van der Waals surface area (Å²) >= 11 is 0. The molecule has 2 heterocycles. The summed E-state index contributed by atoms with van der Waals surface area (Å²) in [6, 6.07) is 8.61. The quantitative estimate of drug-likeness (QED) is 0.541. The lowest BCUT2D eigenvalue weighted by Crippen LogP contribution is -2.57. The van der Waals surface area contributed by atoms with Gasteiger partial charge in [0.2, 0.25) is 11.5 Å². The molecule has 1 aliphatic heterocycles. The zero-order valence-electron chi connectivity index (χ0n) is 18.5. The molecule has 1 saturated heterocycles. The van der Waals surface area contributed by atoms with Crippen molar-refractivity contribution in [3.63, 3.8) is 0 Å². The molecular formula is C22H29N3O7. The van der Waals surface area contributed by atoms with E-state index in [1.165, 1.54) is 19.4 Å². The maximum atomic E-state index is 13.4. The van der Waals surface area contributed by atoms with Gasteiger partial charge in [0, 0.05) is 13.3 Å². The molecule has 10 heteroatoms. The molecule has 1 aromatic heterocycles. The molecule has 3 rings (SSSR count). The maximum absolute atomic E-state index is 13.4. The number of carbonyl (C=O) groups is 1. The number of nitrogen functional groups attached to an aromatic ring is 1. The van der Waals surface area contributed by atoms with Crippen LogP contribution in [0.5, 0.6) is 5.75 Å². The molecule has 0 amide bonds. The fraction of sp³-hybridized carbons (Fsp3) is 0.500. The summed E-state index contributed by atoms with van der Waals surface area (Å²) in [4.78, 5) is 29.7. The third kappa shape index (κ3) is 4.26. The summed E-state index contributed by atoms with van der Waals surface area (Å²) in [6.45, 7) is 5.16. The highest BCUT2D eigenvalue weighted by Gasteiger charge is 2.61. The number of methoxy groups -OCH3 is 1. The minimum absolute atomic E-state index is 0.0411. The van der Waals surface area contributed by atoms with Gasteiger partial charge in [0.1, 0.15) is 29.9 Å². The van der Waals surface area contributed by atoms with Crippen molar-refractivity contribution in [2.45, 2.75) is 50.2 Å². The van der Waals surface area contributed by atoms with Crippen LogP contribution >= 0.6 is 0 Å². The molecule has 0 spiro atoms. The highest BCUT2D eigenvalue weighted by molar-refractivity contribution is 5.88. The standard InChI is InChI=1S/C22H29N3O7/c1-21(2,3)13-5-7-14(8-6-13)31-12-16(27)22(25-10-9-17(23)24-20(25)29)19(30-4)18(28)15(11-26)32-22/h5-10,15,18-19,26,28H,11-12H2,1-4H3,(H2,23,24,29)/t15-,18-,19-,22-/m1/s1. The third-order valence-electron chi connectivity index (χ3n) is 5.51. The molecule has 4 N–H and O–H groups in total. The van der Waals surface area contributed by atoms with E-state index in [4.69, 9.17) is 19.9 Å². The predicted molar refractivity (Wildman–Crippen MR) is 115 cm³/mol. The van der Waals surface area contributed by atoms with Crippen LogP contribution in [0.1, 0.15) is 26.3 Å². The molecule has 1 aromatic carbocycles. The molecule has 10 nitrogen and oxygen atoms in total. The Bertz CT molecular complexity index is 1020. The van der Waals surface area contributed by atoms with E-state index in [0.29, 0.717) is 5.75 Å². The number of ether oxygens (including phenoxy) is 3. The van der Waals surface area contributed by atoms with Crippen LogP contribution in [0.2, 0.25) is 0 Å². The van der Waals surface area contributed by atoms with Crippen LogP contribution in [-0.2, 0) is 25.4 Å². The normalized spacial score (nSPS) is 25.6. The summed E-state index contributed by atoms with van der Waals surface area (Å²) in [5.74, 6) is -0.307. The van der Waals surface area contributed by atoms with Crippen molar-refractivity contribution in [1.29, 1.82) is 0 Å². The first-order valence-electron chi connectivity index (χ1n) is 10.2. The number of aliphatic hydroxyl groups excluding tert-OH is 2. The molecule has 174 valence electrons. The van der Waals surface area contributed by atoms with Gasteiger partial charge in [-0.1, -0.05) is 32.9 Å². The van der Waals surface area contributed by atoms with E-state index in [-0.39, 0.29) is 11.2 Å². The van der Waals surface area contributed by atoms with Crippen LogP contribution in [0, 0.1) is 0 Å². The molecule has 0 radical (unpaired) electrons. The summed E-state index contributed by atoms with van der Waals surface area (Å²) < 4.78 is 17.7. The lowest BCUT2D eigenvalue weighted by atomic mass is 9.87. The number of hydrogen-bond donors (Lipinski definition) is 3. The zero-order valence-corrected chi connectivity index (χ0v) is 18.5. The number of Topliss-reactive ketones (excluding diaryl/α,β-unsaturated/α-hetero) is 1. The SMILES string of the molecule is CO[C@@H]1[C@H](O)[C@@H](CO)O[C@@]1(C(=O)COc1ccc(C(C)(C)C)cc1)n1ccc(N)nc1=O. The third-order valence-corrected chi connectivity index (χ3v) is 5.51. The second-order valence-electron chi connectivity index (χ2n) is 8.67. The van der Waals surface area contributed by atoms with Gasteiger partial charge in [-0.3, -0.25) is 9.36 Å². The summed E-state index contributed by atoms with van der Waals surface area (Å²) in [6.07, 6.45) is -2.62. The molecule has 0 bridgehead atoms. The molecular weight excluding hydrogens is 418 g/mol. The van der Waals surface area contributed by atoms with Gasteiger partial charge in [-0.15, -0.1) is 0 Å². The van der Waals surface area contributed by atoms with E-state index in [2.05, 4.69) is 25.8 Å². The average Bonchev–Trinajstić information content (AvgIpc) is 3.03. The number of benzene rings is 1. The number of ketones is 1. The van der Waals surface area contributed by atoms with Crippen molar-refractivity contribution in [2.24, 2.45) is 0 Å². The minimum atomic E-state index is -2.11. The Kier molecular flexibility index (Phi) is 6.70. The van der Waals surface area contributed by atoms with E-state index >= 15 is 0 Å². The Morgan fingerprint density at radius 2 is 1.94 bits per heavy atom. The number of carbonyl (C=O) groups excluding carboxylic acids is 1. The van der Waals surface area contributed by atoms with Crippen molar-refractivity contribution in [3.8, 4) is 5.75 Å². The first-order valence-corrected chi connectivity index (χ1v) is 10.2. The van der Waals surface area contributed by atoms with Crippen LogP contribution in [-0.4, -0.2) is 64.2 Å². The molecule has 32 heavy (non-hydrogen) atoms. The molecule has 0 unspecified atom stereocenters.